The molecule has 13 heteroatoms. The van der Waals surface area contributed by atoms with Crippen LogP contribution in [0.2, 0.25) is 0 Å². The van der Waals surface area contributed by atoms with Crippen molar-refractivity contribution in [2.75, 3.05) is 73.6 Å². The summed E-state index contributed by atoms with van der Waals surface area (Å²) in [6, 6.07) is 9.35. The van der Waals surface area contributed by atoms with Crippen LogP contribution in [-0.2, 0) is 9.63 Å². The van der Waals surface area contributed by atoms with Crippen LogP contribution in [0.15, 0.2) is 55.4 Å². The van der Waals surface area contributed by atoms with Crippen molar-refractivity contribution in [3.8, 4) is 5.75 Å². The fourth-order valence-corrected chi connectivity index (χ4v) is 6.89. The van der Waals surface area contributed by atoms with Crippen molar-refractivity contribution < 1.29 is 23.1 Å². The molecular weight excluding hydrogens is 618 g/mol. The van der Waals surface area contributed by atoms with Crippen LogP contribution >= 0.6 is 0 Å². The Hall–Kier alpha value is -4.33. The molecule has 6 rings (SSSR count). The highest BCUT2D eigenvalue weighted by molar-refractivity contribution is 6.02. The van der Waals surface area contributed by atoms with E-state index < -0.39 is 17.7 Å². The van der Waals surface area contributed by atoms with Gasteiger partial charge in [-0.15, -0.1) is 0 Å². The average molecular weight is 663 g/mol. The van der Waals surface area contributed by atoms with Crippen LogP contribution in [0.25, 0.3) is 0 Å². The summed E-state index contributed by atoms with van der Waals surface area (Å²) in [5.74, 6) is -0.0100. The number of anilines is 5. The maximum absolute atomic E-state index is 14.7. The Kier molecular flexibility index (Phi) is 10.4. The van der Waals surface area contributed by atoms with E-state index in [1.54, 1.807) is 13.2 Å². The number of hydrogen-bond acceptors (Lipinski definition) is 10. The molecule has 4 heterocycles. The molecule has 1 amide bonds. The lowest BCUT2D eigenvalue weighted by Crippen LogP contribution is -2.54. The van der Waals surface area contributed by atoms with Crippen molar-refractivity contribution in [1.82, 2.24) is 19.8 Å². The molecule has 0 unspecified atom stereocenters. The zero-order valence-electron chi connectivity index (χ0n) is 27.8. The van der Waals surface area contributed by atoms with E-state index in [1.165, 1.54) is 23.5 Å². The second kappa shape index (κ2) is 14.8. The second-order valence-electron chi connectivity index (χ2n) is 12.7. The summed E-state index contributed by atoms with van der Waals surface area (Å²) in [4.78, 5) is 34.6. The first-order valence-corrected chi connectivity index (χ1v) is 16.6. The number of nitrogens with zero attached hydrogens (tertiary/aromatic N) is 6. The summed E-state index contributed by atoms with van der Waals surface area (Å²) in [5, 5.41) is 7.75. The Morgan fingerprint density at radius 3 is 2.50 bits per heavy atom. The monoisotopic (exact) mass is 662 g/mol. The largest absolute Gasteiger partial charge is 0.494 e. The number of benzene rings is 2. The lowest BCUT2D eigenvalue weighted by atomic mass is 10.0. The molecule has 0 aliphatic carbocycles. The van der Waals surface area contributed by atoms with E-state index in [0.29, 0.717) is 53.9 Å². The summed E-state index contributed by atoms with van der Waals surface area (Å²) in [5.41, 5.74) is 2.24. The molecule has 3 fully saturated rings. The van der Waals surface area contributed by atoms with Gasteiger partial charge in [0.2, 0.25) is 5.91 Å². The Bertz CT molecular complexity index is 1610. The summed E-state index contributed by atoms with van der Waals surface area (Å²) < 4.78 is 34.5. The number of hydroxylamine groups is 1. The van der Waals surface area contributed by atoms with Gasteiger partial charge in [0, 0.05) is 75.5 Å². The molecule has 256 valence electrons. The molecule has 11 nitrogen and oxygen atoms in total. The van der Waals surface area contributed by atoms with Gasteiger partial charge in [-0.05, 0) is 57.0 Å². The van der Waals surface area contributed by atoms with E-state index in [9.17, 15) is 13.6 Å². The van der Waals surface area contributed by atoms with Gasteiger partial charge in [0.15, 0.2) is 5.82 Å². The molecule has 0 bridgehead atoms. The second-order valence-corrected chi connectivity index (χ2v) is 12.7. The van der Waals surface area contributed by atoms with Crippen molar-refractivity contribution in [3.63, 3.8) is 0 Å². The number of amides is 1. The van der Waals surface area contributed by atoms with Crippen LogP contribution in [-0.4, -0.2) is 90.7 Å². The van der Waals surface area contributed by atoms with Crippen LogP contribution in [0.5, 0.6) is 5.75 Å². The first-order chi connectivity index (χ1) is 23.2. The van der Waals surface area contributed by atoms with E-state index in [4.69, 9.17) is 9.57 Å². The molecular formula is C35H44F2N8O3. The number of piperazine rings is 1. The van der Waals surface area contributed by atoms with Gasteiger partial charge in [-0.25, -0.2) is 23.8 Å². The van der Waals surface area contributed by atoms with Gasteiger partial charge >= 0.3 is 0 Å². The van der Waals surface area contributed by atoms with Crippen LogP contribution in [0.3, 0.4) is 0 Å². The Labute approximate surface area is 280 Å². The number of ether oxygens (including phenoxy) is 1. The summed E-state index contributed by atoms with van der Waals surface area (Å²) in [6.45, 7) is 14.6. The molecule has 0 saturated carbocycles. The number of methoxy groups -OCH3 is 1. The summed E-state index contributed by atoms with van der Waals surface area (Å²) in [6.07, 6.45) is 5.13. The van der Waals surface area contributed by atoms with Crippen molar-refractivity contribution in [3.05, 3.63) is 72.6 Å². The molecule has 2 aromatic carbocycles. The minimum Gasteiger partial charge on any atom is -0.494 e. The summed E-state index contributed by atoms with van der Waals surface area (Å²) >= 11 is 0. The predicted molar refractivity (Wildman–Crippen MR) is 183 cm³/mol. The Balaban J connectivity index is 1.21. The molecule has 3 aliphatic heterocycles. The lowest BCUT2D eigenvalue weighted by molar-refractivity contribution is -0.111. The van der Waals surface area contributed by atoms with E-state index in [1.807, 2.05) is 12.1 Å². The Morgan fingerprint density at radius 1 is 1.02 bits per heavy atom. The normalized spacial score (nSPS) is 19.5. The average Bonchev–Trinajstić information content (AvgIpc) is 3.60. The lowest BCUT2D eigenvalue weighted by Gasteiger charge is -2.44. The minimum absolute atomic E-state index is 0.193. The van der Waals surface area contributed by atoms with E-state index >= 15 is 0 Å². The smallest absolute Gasteiger partial charge is 0.247 e. The number of piperidine rings is 1. The van der Waals surface area contributed by atoms with Gasteiger partial charge < -0.3 is 20.3 Å². The van der Waals surface area contributed by atoms with E-state index in [0.717, 1.165) is 69.9 Å². The van der Waals surface area contributed by atoms with Crippen molar-refractivity contribution in [2.24, 2.45) is 0 Å². The third kappa shape index (κ3) is 7.38. The highest BCUT2D eigenvalue weighted by Crippen LogP contribution is 2.41. The first-order valence-electron chi connectivity index (χ1n) is 16.6. The van der Waals surface area contributed by atoms with Crippen LogP contribution < -0.4 is 25.3 Å². The quantitative estimate of drug-likeness (QED) is 0.271. The highest BCUT2D eigenvalue weighted by Gasteiger charge is 2.32. The fraction of sp³-hybridized carbons (Fsp3) is 0.457. The van der Waals surface area contributed by atoms with Gasteiger partial charge in [-0.3, -0.25) is 19.4 Å². The molecule has 0 radical (unpaired) electrons. The molecule has 3 saturated heterocycles. The SMILES string of the molecule is C=CC(=O)Nc1cc(Nc2cc(N3OCC[C@@H]3c3cc(F)ccc3F)ncn2)c(OC)cc1N1CCC(N2CCN(C(C)C)CC2)CC1. The standard InChI is InChI=1S/C35H44F2N8O3/c1-5-35(46)41-28-19-29(32(47-4)20-31(28)44-11-8-25(9-12-44)43-15-13-42(14-16-43)23(2)3)40-33-21-34(39-22-38-33)45-30(10-17-48-45)26-18-24(36)6-7-27(26)37/h5-7,18-23,25,30H,1,8-17H2,2-4H3,(H,41,46)(H,38,39,40)/t30-/m1/s1. The maximum atomic E-state index is 14.7. The summed E-state index contributed by atoms with van der Waals surface area (Å²) in [7, 11) is 1.59. The first kappa shape index (κ1) is 33.6. The van der Waals surface area contributed by atoms with Crippen LogP contribution in [0.4, 0.5) is 37.5 Å². The predicted octanol–water partition coefficient (Wildman–Crippen LogP) is 5.51. The number of nitrogens with one attached hydrogen (secondary N) is 2. The van der Waals surface area contributed by atoms with Crippen molar-refractivity contribution >= 4 is 34.6 Å². The van der Waals surface area contributed by atoms with E-state index in [2.05, 4.69) is 55.7 Å². The van der Waals surface area contributed by atoms with Gasteiger partial charge in [0.1, 0.15) is 29.5 Å². The van der Waals surface area contributed by atoms with Gasteiger partial charge in [0.25, 0.3) is 0 Å². The van der Waals surface area contributed by atoms with Crippen molar-refractivity contribution in [2.45, 2.75) is 51.2 Å². The van der Waals surface area contributed by atoms with Gasteiger partial charge in [-0.2, -0.15) is 0 Å². The third-order valence-electron chi connectivity index (χ3n) is 9.52. The number of halogens is 2. The minimum atomic E-state index is -0.563. The molecule has 3 aromatic rings. The molecule has 0 spiro atoms. The van der Waals surface area contributed by atoms with Crippen molar-refractivity contribution in [1.29, 1.82) is 0 Å². The number of aromatic nitrogens is 2. The third-order valence-corrected chi connectivity index (χ3v) is 9.52. The van der Waals surface area contributed by atoms with Gasteiger partial charge in [-0.1, -0.05) is 6.58 Å². The molecule has 1 aromatic heterocycles. The maximum Gasteiger partial charge on any atom is 0.247 e. The van der Waals surface area contributed by atoms with Gasteiger partial charge in [0.05, 0.1) is 36.8 Å². The fourth-order valence-electron chi connectivity index (χ4n) is 6.89. The molecule has 1 atom stereocenters. The number of carbonyl (C=O) groups excluding carboxylic acids is 1. The molecule has 2 N–H and O–H groups in total. The highest BCUT2D eigenvalue weighted by atomic mass is 19.1. The van der Waals surface area contributed by atoms with Crippen LogP contribution in [0, 0.1) is 11.6 Å². The van der Waals surface area contributed by atoms with E-state index in [-0.39, 0.29) is 11.5 Å². The zero-order valence-corrected chi connectivity index (χ0v) is 27.8. The number of rotatable bonds is 10. The molecule has 48 heavy (non-hydrogen) atoms. The topological polar surface area (TPSA) is 98.3 Å². The van der Waals surface area contributed by atoms with Crippen LogP contribution in [0.1, 0.15) is 44.7 Å². The Morgan fingerprint density at radius 2 is 1.79 bits per heavy atom. The number of carbonyl (C=O) groups is 1. The molecule has 3 aliphatic rings. The zero-order chi connectivity index (χ0) is 33.8. The number of hydrogen-bond donors (Lipinski definition) is 2.